The highest BCUT2D eigenvalue weighted by Crippen LogP contribution is 2.44. The number of carbonyl (C=O) groups excluding carboxylic acids is 2. The van der Waals surface area contributed by atoms with Gasteiger partial charge >= 0.3 is 0 Å². The summed E-state index contributed by atoms with van der Waals surface area (Å²) < 4.78 is 10.6. The predicted octanol–water partition coefficient (Wildman–Crippen LogP) is 4.36. The van der Waals surface area contributed by atoms with E-state index < -0.39 is 11.5 Å². The highest BCUT2D eigenvalue weighted by atomic mass is 35.5. The molecule has 1 atom stereocenters. The average Bonchev–Trinajstić information content (AvgIpc) is 3.01. The van der Waals surface area contributed by atoms with Gasteiger partial charge in [0.1, 0.15) is 0 Å². The van der Waals surface area contributed by atoms with E-state index in [9.17, 15) is 14.7 Å². The summed E-state index contributed by atoms with van der Waals surface area (Å²) in [5.74, 6) is 0.226. The molecule has 7 heteroatoms. The fraction of sp³-hybridized carbons (Fsp3) is 0.200. The number of hydrogen-bond donors (Lipinski definition) is 1. The summed E-state index contributed by atoms with van der Waals surface area (Å²) in [6.45, 7) is 0.202. The van der Waals surface area contributed by atoms with Crippen LogP contribution in [0.2, 0.25) is 5.02 Å². The Morgan fingerprint density at radius 1 is 1.00 bits per heavy atom. The van der Waals surface area contributed by atoms with E-state index in [4.69, 9.17) is 21.1 Å². The van der Waals surface area contributed by atoms with E-state index in [2.05, 4.69) is 0 Å². The molecule has 0 bridgehead atoms. The van der Waals surface area contributed by atoms with Gasteiger partial charge in [-0.15, -0.1) is 0 Å². The van der Waals surface area contributed by atoms with Crippen molar-refractivity contribution in [3.05, 3.63) is 88.4 Å². The first-order valence-corrected chi connectivity index (χ1v) is 10.4. The topological polar surface area (TPSA) is 76.1 Å². The van der Waals surface area contributed by atoms with Gasteiger partial charge in [-0.1, -0.05) is 35.9 Å². The smallest absolute Gasteiger partial charge is 0.264 e. The number of halogens is 1. The fourth-order valence-corrected chi connectivity index (χ4v) is 4.09. The molecule has 3 aromatic rings. The van der Waals surface area contributed by atoms with E-state index in [1.807, 2.05) is 6.07 Å². The second-order valence-electron chi connectivity index (χ2n) is 7.56. The number of ketones is 1. The molecule has 1 amide bonds. The van der Waals surface area contributed by atoms with Crippen LogP contribution >= 0.6 is 11.6 Å². The number of hydrogen-bond acceptors (Lipinski definition) is 5. The van der Waals surface area contributed by atoms with Gasteiger partial charge in [-0.05, 0) is 48.0 Å². The highest BCUT2D eigenvalue weighted by Gasteiger charge is 2.50. The number of rotatable bonds is 7. The van der Waals surface area contributed by atoms with Crippen LogP contribution in [0, 0.1) is 0 Å². The maximum atomic E-state index is 13.4. The zero-order valence-electron chi connectivity index (χ0n) is 17.7. The van der Waals surface area contributed by atoms with Gasteiger partial charge in [0.05, 0.1) is 32.9 Å². The van der Waals surface area contributed by atoms with Gasteiger partial charge < -0.3 is 19.5 Å². The Morgan fingerprint density at radius 2 is 1.69 bits per heavy atom. The Kier molecular flexibility index (Phi) is 5.91. The second-order valence-corrected chi connectivity index (χ2v) is 8.00. The number of ether oxygens (including phenoxy) is 2. The molecule has 0 saturated heterocycles. The lowest BCUT2D eigenvalue weighted by atomic mass is 9.88. The summed E-state index contributed by atoms with van der Waals surface area (Å²) in [6.07, 6.45) is -0.368. The normalized spacial score (nSPS) is 17.2. The van der Waals surface area contributed by atoms with Crippen LogP contribution in [0.25, 0.3) is 0 Å². The van der Waals surface area contributed by atoms with Crippen molar-refractivity contribution in [3.63, 3.8) is 0 Å². The summed E-state index contributed by atoms with van der Waals surface area (Å²) in [5, 5.41) is 12.0. The van der Waals surface area contributed by atoms with Gasteiger partial charge in [-0.25, -0.2) is 0 Å². The van der Waals surface area contributed by atoms with Crippen LogP contribution in [0.5, 0.6) is 11.5 Å². The second kappa shape index (κ2) is 8.65. The molecular weight excluding hydrogens is 430 g/mol. The summed E-state index contributed by atoms with van der Waals surface area (Å²) >= 11 is 5.90. The van der Waals surface area contributed by atoms with Crippen molar-refractivity contribution in [2.24, 2.45) is 0 Å². The van der Waals surface area contributed by atoms with Crippen molar-refractivity contribution in [2.45, 2.75) is 18.6 Å². The lowest BCUT2D eigenvalue weighted by Gasteiger charge is -2.23. The van der Waals surface area contributed by atoms with Crippen LogP contribution in [0.15, 0.2) is 66.7 Å². The number of para-hydroxylation sites is 1. The minimum absolute atomic E-state index is 0.202. The minimum atomic E-state index is -1.95. The number of carbonyl (C=O) groups is 2. The van der Waals surface area contributed by atoms with Crippen molar-refractivity contribution in [2.75, 3.05) is 19.1 Å². The first kappa shape index (κ1) is 21.9. The maximum absolute atomic E-state index is 13.4. The molecule has 164 valence electrons. The first-order chi connectivity index (χ1) is 15.4. The minimum Gasteiger partial charge on any atom is -0.493 e. The zero-order chi connectivity index (χ0) is 22.9. The largest absolute Gasteiger partial charge is 0.493 e. The third-order valence-corrected chi connectivity index (χ3v) is 5.86. The molecule has 1 heterocycles. The summed E-state index contributed by atoms with van der Waals surface area (Å²) in [5.41, 5.74) is 0.196. The molecule has 1 aliphatic heterocycles. The van der Waals surface area contributed by atoms with Crippen LogP contribution in [0.1, 0.15) is 27.9 Å². The fourth-order valence-electron chi connectivity index (χ4n) is 3.97. The molecule has 0 aliphatic carbocycles. The molecule has 6 nitrogen and oxygen atoms in total. The number of nitrogens with zero attached hydrogens (tertiary/aromatic N) is 1. The van der Waals surface area contributed by atoms with Crippen LogP contribution < -0.4 is 14.4 Å². The molecule has 3 aromatic carbocycles. The number of methoxy groups -OCH3 is 2. The molecule has 32 heavy (non-hydrogen) atoms. The van der Waals surface area contributed by atoms with Crippen molar-refractivity contribution >= 4 is 29.0 Å². The van der Waals surface area contributed by atoms with E-state index >= 15 is 0 Å². The predicted molar refractivity (Wildman–Crippen MR) is 121 cm³/mol. The monoisotopic (exact) mass is 451 g/mol. The molecule has 0 saturated carbocycles. The van der Waals surface area contributed by atoms with Gasteiger partial charge in [0.25, 0.3) is 5.91 Å². The number of anilines is 1. The molecule has 0 spiro atoms. The Labute approximate surface area is 191 Å². The Hall–Kier alpha value is -3.35. The summed E-state index contributed by atoms with van der Waals surface area (Å²) in [4.78, 5) is 27.8. The van der Waals surface area contributed by atoms with Gasteiger partial charge in [-0.2, -0.15) is 0 Å². The Morgan fingerprint density at radius 3 is 2.38 bits per heavy atom. The molecule has 0 radical (unpaired) electrons. The molecule has 0 aromatic heterocycles. The first-order valence-electron chi connectivity index (χ1n) is 10.0. The maximum Gasteiger partial charge on any atom is 0.264 e. The molecule has 1 unspecified atom stereocenters. The van der Waals surface area contributed by atoms with Crippen LogP contribution in [-0.2, 0) is 16.9 Å². The number of benzene rings is 3. The Balaban J connectivity index is 1.66. The van der Waals surface area contributed by atoms with E-state index in [0.717, 1.165) is 5.56 Å². The van der Waals surface area contributed by atoms with Gasteiger partial charge in [0.15, 0.2) is 22.9 Å². The van der Waals surface area contributed by atoms with E-state index in [-0.39, 0.29) is 18.7 Å². The van der Waals surface area contributed by atoms with Gasteiger partial charge in [0.2, 0.25) is 0 Å². The standard InChI is InChI=1S/C25H22ClNO5/c1-31-22-12-7-16(13-23(22)32-2)15-27-20-6-4-3-5-19(20)25(30,24(27)29)14-21(28)17-8-10-18(26)11-9-17/h3-13,30H,14-15H2,1-2H3. The van der Waals surface area contributed by atoms with Gasteiger partial charge in [-0.3, -0.25) is 9.59 Å². The summed E-state index contributed by atoms with van der Waals surface area (Å²) in [7, 11) is 3.09. The lowest BCUT2D eigenvalue weighted by molar-refractivity contribution is -0.136. The third kappa shape index (κ3) is 3.83. The molecular formula is C25H22ClNO5. The van der Waals surface area contributed by atoms with Crippen LogP contribution in [0.4, 0.5) is 5.69 Å². The number of amides is 1. The molecule has 1 N–H and O–H groups in total. The molecule has 4 rings (SSSR count). The van der Waals surface area contributed by atoms with Crippen LogP contribution in [0.3, 0.4) is 0 Å². The van der Waals surface area contributed by atoms with Crippen molar-refractivity contribution in [3.8, 4) is 11.5 Å². The van der Waals surface area contributed by atoms with E-state index in [1.165, 1.54) is 4.90 Å². The quantitative estimate of drug-likeness (QED) is 0.540. The number of aliphatic hydroxyl groups is 1. The van der Waals surface area contributed by atoms with Crippen LogP contribution in [-0.4, -0.2) is 31.0 Å². The zero-order valence-corrected chi connectivity index (χ0v) is 18.4. The highest BCUT2D eigenvalue weighted by molar-refractivity contribution is 6.30. The third-order valence-electron chi connectivity index (χ3n) is 5.61. The number of Topliss-reactive ketones (excluding diaryl/α,β-unsaturated/α-hetero) is 1. The average molecular weight is 452 g/mol. The van der Waals surface area contributed by atoms with E-state index in [1.54, 1.807) is 74.9 Å². The molecule has 0 fully saturated rings. The van der Waals surface area contributed by atoms with Crippen molar-refractivity contribution in [1.29, 1.82) is 0 Å². The lowest BCUT2D eigenvalue weighted by Crippen LogP contribution is -2.41. The Bertz CT molecular complexity index is 1180. The van der Waals surface area contributed by atoms with Crippen molar-refractivity contribution in [1.82, 2.24) is 0 Å². The summed E-state index contributed by atoms with van der Waals surface area (Å²) in [6, 6.07) is 18.7. The number of fused-ring (bicyclic) bond motifs is 1. The molecule has 1 aliphatic rings. The van der Waals surface area contributed by atoms with E-state index in [0.29, 0.717) is 33.3 Å². The van der Waals surface area contributed by atoms with Gasteiger partial charge in [0, 0.05) is 16.1 Å². The van der Waals surface area contributed by atoms with Crippen molar-refractivity contribution < 1.29 is 24.2 Å². The SMILES string of the molecule is COc1ccc(CN2C(=O)C(O)(CC(=O)c3ccc(Cl)cc3)c3ccccc32)cc1OC.